The van der Waals surface area contributed by atoms with Gasteiger partial charge in [-0.15, -0.1) is 0 Å². The molecule has 0 bridgehead atoms. The van der Waals surface area contributed by atoms with Gasteiger partial charge in [-0.1, -0.05) is 60.7 Å². The van der Waals surface area contributed by atoms with Gasteiger partial charge in [0.25, 0.3) is 5.91 Å². The standard InChI is InChI=1S/C30H26N2O6S/c1-2-38-30(35)23-12-15-25(16-13-23)32-28(33)19-27(29(32)34)31(20-21-8-4-3-5-9-21)39(36,37)26-17-14-22-10-6-7-11-24(22)18-26/h3-18,27H,2,19-20H2,1H3. The molecule has 0 saturated carbocycles. The number of hydrogen-bond acceptors (Lipinski definition) is 6. The molecule has 0 aliphatic carbocycles. The Labute approximate surface area is 226 Å². The lowest BCUT2D eigenvalue weighted by molar-refractivity contribution is -0.122. The zero-order valence-corrected chi connectivity index (χ0v) is 22.0. The van der Waals surface area contributed by atoms with Crippen LogP contribution in [0.1, 0.15) is 29.3 Å². The quantitative estimate of drug-likeness (QED) is 0.239. The second-order valence-electron chi connectivity index (χ2n) is 9.10. The van der Waals surface area contributed by atoms with E-state index in [1.165, 1.54) is 30.3 Å². The van der Waals surface area contributed by atoms with E-state index in [1.54, 1.807) is 43.3 Å². The lowest BCUT2D eigenvalue weighted by Gasteiger charge is -2.27. The van der Waals surface area contributed by atoms with E-state index in [1.807, 2.05) is 30.3 Å². The average Bonchev–Trinajstić information content (AvgIpc) is 3.25. The monoisotopic (exact) mass is 542 g/mol. The van der Waals surface area contributed by atoms with E-state index in [0.29, 0.717) is 5.56 Å². The van der Waals surface area contributed by atoms with Crippen molar-refractivity contribution in [2.75, 3.05) is 11.5 Å². The Morgan fingerprint density at radius 2 is 1.56 bits per heavy atom. The van der Waals surface area contributed by atoms with Crippen LogP contribution in [0.25, 0.3) is 10.8 Å². The predicted molar refractivity (Wildman–Crippen MR) is 146 cm³/mol. The van der Waals surface area contributed by atoms with Gasteiger partial charge in [0.2, 0.25) is 15.9 Å². The van der Waals surface area contributed by atoms with Gasteiger partial charge in [0, 0.05) is 6.54 Å². The molecular formula is C30H26N2O6S. The molecule has 2 amide bonds. The highest BCUT2D eigenvalue weighted by molar-refractivity contribution is 7.89. The summed E-state index contributed by atoms with van der Waals surface area (Å²) in [5, 5.41) is 1.63. The maximum Gasteiger partial charge on any atom is 0.338 e. The fourth-order valence-corrected chi connectivity index (χ4v) is 6.27. The Kier molecular flexibility index (Phi) is 7.28. The summed E-state index contributed by atoms with van der Waals surface area (Å²) in [6, 6.07) is 25.8. The van der Waals surface area contributed by atoms with Crippen molar-refractivity contribution in [2.45, 2.75) is 30.8 Å². The van der Waals surface area contributed by atoms with E-state index >= 15 is 0 Å². The van der Waals surface area contributed by atoms with Gasteiger partial charge in [0.1, 0.15) is 6.04 Å². The zero-order valence-electron chi connectivity index (χ0n) is 21.2. The fraction of sp³-hybridized carbons (Fsp3) is 0.167. The largest absolute Gasteiger partial charge is 0.462 e. The van der Waals surface area contributed by atoms with Crippen molar-refractivity contribution < 1.29 is 27.5 Å². The van der Waals surface area contributed by atoms with Crippen LogP contribution >= 0.6 is 0 Å². The highest BCUT2D eigenvalue weighted by Crippen LogP contribution is 2.32. The molecule has 1 heterocycles. The molecule has 9 heteroatoms. The smallest absolute Gasteiger partial charge is 0.338 e. The number of nitrogens with zero attached hydrogens (tertiary/aromatic N) is 2. The first-order valence-corrected chi connectivity index (χ1v) is 13.9. The third-order valence-corrected chi connectivity index (χ3v) is 8.47. The van der Waals surface area contributed by atoms with Gasteiger partial charge in [-0.3, -0.25) is 9.59 Å². The number of hydrogen-bond donors (Lipinski definition) is 0. The summed E-state index contributed by atoms with van der Waals surface area (Å²) in [4.78, 5) is 39.8. The van der Waals surface area contributed by atoms with Crippen molar-refractivity contribution in [3.05, 3.63) is 108 Å². The number of fused-ring (bicyclic) bond motifs is 1. The number of ether oxygens (including phenoxy) is 1. The average molecular weight is 543 g/mol. The highest BCUT2D eigenvalue weighted by atomic mass is 32.2. The molecule has 5 rings (SSSR count). The number of benzene rings is 4. The van der Waals surface area contributed by atoms with Gasteiger partial charge in [-0.05, 0) is 59.7 Å². The van der Waals surface area contributed by atoms with Gasteiger partial charge in [0.15, 0.2) is 0 Å². The summed E-state index contributed by atoms with van der Waals surface area (Å²) in [6.45, 7) is 1.82. The number of esters is 1. The Balaban J connectivity index is 1.51. The van der Waals surface area contributed by atoms with Crippen molar-refractivity contribution in [1.29, 1.82) is 0 Å². The second kappa shape index (κ2) is 10.8. The lowest BCUT2D eigenvalue weighted by Crippen LogP contribution is -2.45. The maximum absolute atomic E-state index is 14.0. The minimum atomic E-state index is -4.19. The molecule has 1 saturated heterocycles. The number of carbonyl (C=O) groups excluding carboxylic acids is 3. The number of carbonyl (C=O) groups is 3. The van der Waals surface area contributed by atoms with Crippen LogP contribution in [0.2, 0.25) is 0 Å². The van der Waals surface area contributed by atoms with E-state index in [-0.39, 0.29) is 35.7 Å². The van der Waals surface area contributed by atoms with Crippen molar-refractivity contribution in [3.8, 4) is 0 Å². The number of amides is 2. The molecule has 39 heavy (non-hydrogen) atoms. The molecule has 1 unspecified atom stereocenters. The molecule has 0 spiro atoms. The summed E-state index contributed by atoms with van der Waals surface area (Å²) < 4.78 is 34.2. The van der Waals surface area contributed by atoms with Crippen LogP contribution in [0.15, 0.2) is 102 Å². The summed E-state index contributed by atoms with van der Waals surface area (Å²) in [5.41, 5.74) is 1.21. The third-order valence-electron chi connectivity index (χ3n) is 6.62. The number of anilines is 1. The lowest BCUT2D eigenvalue weighted by atomic mass is 10.1. The topological polar surface area (TPSA) is 101 Å². The van der Waals surface area contributed by atoms with E-state index < -0.39 is 33.8 Å². The van der Waals surface area contributed by atoms with Crippen LogP contribution < -0.4 is 4.90 Å². The fourth-order valence-electron chi connectivity index (χ4n) is 4.66. The Morgan fingerprint density at radius 1 is 0.897 bits per heavy atom. The number of sulfonamides is 1. The van der Waals surface area contributed by atoms with Crippen molar-refractivity contribution in [3.63, 3.8) is 0 Å². The molecule has 8 nitrogen and oxygen atoms in total. The highest BCUT2D eigenvalue weighted by Gasteiger charge is 2.47. The van der Waals surface area contributed by atoms with E-state index in [0.717, 1.165) is 20.0 Å². The minimum Gasteiger partial charge on any atom is -0.462 e. The summed E-state index contributed by atoms with van der Waals surface area (Å²) in [5.74, 6) is -1.69. The summed E-state index contributed by atoms with van der Waals surface area (Å²) in [6.07, 6.45) is -0.307. The Morgan fingerprint density at radius 3 is 2.26 bits per heavy atom. The van der Waals surface area contributed by atoms with Gasteiger partial charge in [-0.2, -0.15) is 4.31 Å². The normalized spacial score (nSPS) is 15.7. The van der Waals surface area contributed by atoms with Gasteiger partial charge in [0.05, 0.1) is 29.2 Å². The maximum atomic E-state index is 14.0. The Bertz CT molecular complexity index is 1650. The van der Waals surface area contributed by atoms with Crippen LogP contribution in [0.3, 0.4) is 0 Å². The molecule has 0 N–H and O–H groups in total. The summed E-state index contributed by atoms with van der Waals surface area (Å²) >= 11 is 0. The molecular weight excluding hydrogens is 516 g/mol. The predicted octanol–water partition coefficient (Wildman–Crippen LogP) is 4.54. The van der Waals surface area contributed by atoms with E-state index in [9.17, 15) is 22.8 Å². The van der Waals surface area contributed by atoms with Crippen molar-refractivity contribution in [1.82, 2.24) is 4.31 Å². The first-order valence-electron chi connectivity index (χ1n) is 12.5. The first-order chi connectivity index (χ1) is 18.8. The molecule has 1 fully saturated rings. The molecule has 1 aliphatic rings. The molecule has 0 aromatic heterocycles. The van der Waals surface area contributed by atoms with Gasteiger partial charge >= 0.3 is 5.97 Å². The van der Waals surface area contributed by atoms with E-state index in [2.05, 4.69) is 0 Å². The third kappa shape index (κ3) is 5.19. The first kappa shape index (κ1) is 26.3. The number of imide groups is 1. The molecule has 198 valence electrons. The van der Waals surface area contributed by atoms with Crippen molar-refractivity contribution >= 4 is 44.3 Å². The molecule has 4 aromatic rings. The van der Waals surface area contributed by atoms with Crippen LogP contribution in [0, 0.1) is 0 Å². The SMILES string of the molecule is CCOC(=O)c1ccc(N2C(=O)CC(N(Cc3ccccc3)S(=O)(=O)c3ccc4ccccc4c3)C2=O)cc1. The zero-order chi connectivity index (χ0) is 27.6. The van der Waals surface area contributed by atoms with Crippen LogP contribution in [0.5, 0.6) is 0 Å². The molecule has 0 radical (unpaired) electrons. The minimum absolute atomic E-state index is 0.0367. The molecule has 4 aromatic carbocycles. The molecule has 1 atom stereocenters. The van der Waals surface area contributed by atoms with Crippen LogP contribution in [0.4, 0.5) is 5.69 Å². The van der Waals surface area contributed by atoms with Gasteiger partial charge in [-0.25, -0.2) is 18.1 Å². The van der Waals surface area contributed by atoms with Crippen molar-refractivity contribution in [2.24, 2.45) is 0 Å². The Hall–Kier alpha value is -4.34. The number of rotatable bonds is 8. The van der Waals surface area contributed by atoms with E-state index in [4.69, 9.17) is 4.74 Å². The second-order valence-corrected chi connectivity index (χ2v) is 11.0. The van der Waals surface area contributed by atoms with Crippen LogP contribution in [-0.4, -0.2) is 43.2 Å². The molecule has 1 aliphatic heterocycles. The van der Waals surface area contributed by atoms with Crippen LogP contribution in [-0.2, 0) is 30.9 Å². The summed E-state index contributed by atoms with van der Waals surface area (Å²) in [7, 11) is -4.19. The van der Waals surface area contributed by atoms with Gasteiger partial charge < -0.3 is 4.74 Å².